The SMILES string of the molecule is CCCCN(Cc1cccc(C)c1O)C(C)CC. The fraction of sp³-hybridized carbons (Fsp3) is 0.625. The maximum atomic E-state index is 10.1. The molecule has 0 saturated carbocycles. The molecule has 2 heteroatoms. The van der Waals surface area contributed by atoms with Crippen LogP contribution in [0.1, 0.15) is 51.2 Å². The van der Waals surface area contributed by atoms with Gasteiger partial charge in [0.15, 0.2) is 0 Å². The molecule has 1 aromatic rings. The average molecular weight is 249 g/mol. The Morgan fingerprint density at radius 1 is 1.28 bits per heavy atom. The van der Waals surface area contributed by atoms with Crippen molar-refractivity contribution in [2.75, 3.05) is 6.54 Å². The minimum Gasteiger partial charge on any atom is -0.507 e. The molecule has 0 fully saturated rings. The van der Waals surface area contributed by atoms with Crippen molar-refractivity contribution < 1.29 is 5.11 Å². The topological polar surface area (TPSA) is 23.5 Å². The molecule has 0 saturated heterocycles. The van der Waals surface area contributed by atoms with Crippen molar-refractivity contribution in [3.63, 3.8) is 0 Å². The molecule has 0 aliphatic rings. The Morgan fingerprint density at radius 3 is 2.61 bits per heavy atom. The second-order valence-corrected chi connectivity index (χ2v) is 5.16. The van der Waals surface area contributed by atoms with Gasteiger partial charge in [-0.1, -0.05) is 38.5 Å². The van der Waals surface area contributed by atoms with Gasteiger partial charge in [0.2, 0.25) is 0 Å². The van der Waals surface area contributed by atoms with E-state index in [1.807, 2.05) is 25.1 Å². The van der Waals surface area contributed by atoms with Gasteiger partial charge in [-0.05, 0) is 38.8 Å². The Bertz CT molecular complexity index is 362. The van der Waals surface area contributed by atoms with Crippen LogP contribution in [0, 0.1) is 6.92 Å². The summed E-state index contributed by atoms with van der Waals surface area (Å²) in [6.07, 6.45) is 3.58. The summed E-state index contributed by atoms with van der Waals surface area (Å²) >= 11 is 0. The number of aromatic hydroxyl groups is 1. The van der Waals surface area contributed by atoms with E-state index in [1.165, 1.54) is 12.8 Å². The molecule has 18 heavy (non-hydrogen) atoms. The average Bonchev–Trinajstić information content (AvgIpc) is 2.38. The molecule has 1 rings (SSSR count). The molecule has 0 spiro atoms. The number of nitrogens with zero attached hydrogens (tertiary/aromatic N) is 1. The van der Waals surface area contributed by atoms with Crippen molar-refractivity contribution >= 4 is 0 Å². The molecule has 0 radical (unpaired) electrons. The molecule has 0 aromatic heterocycles. The molecule has 1 atom stereocenters. The lowest BCUT2D eigenvalue weighted by Gasteiger charge is -2.28. The molecule has 1 unspecified atom stereocenters. The zero-order chi connectivity index (χ0) is 13.5. The Balaban J connectivity index is 2.78. The molecule has 102 valence electrons. The normalized spacial score (nSPS) is 12.9. The molecule has 1 aromatic carbocycles. The van der Waals surface area contributed by atoms with Crippen LogP contribution in [-0.2, 0) is 6.54 Å². The second kappa shape index (κ2) is 7.42. The fourth-order valence-electron chi connectivity index (χ4n) is 2.14. The third-order valence-electron chi connectivity index (χ3n) is 3.71. The molecular weight excluding hydrogens is 222 g/mol. The van der Waals surface area contributed by atoms with Crippen LogP contribution in [0.3, 0.4) is 0 Å². The lowest BCUT2D eigenvalue weighted by atomic mass is 10.1. The molecule has 2 nitrogen and oxygen atoms in total. The maximum Gasteiger partial charge on any atom is 0.122 e. The van der Waals surface area contributed by atoms with Gasteiger partial charge < -0.3 is 5.11 Å². The molecule has 0 bridgehead atoms. The Hall–Kier alpha value is -1.02. The summed E-state index contributed by atoms with van der Waals surface area (Å²) in [5, 5.41) is 10.1. The zero-order valence-electron chi connectivity index (χ0n) is 12.2. The Kier molecular flexibility index (Phi) is 6.20. The summed E-state index contributed by atoms with van der Waals surface area (Å²) in [7, 11) is 0. The van der Waals surface area contributed by atoms with Crippen molar-refractivity contribution in [1.29, 1.82) is 0 Å². The van der Waals surface area contributed by atoms with Crippen LogP contribution in [0.25, 0.3) is 0 Å². The first-order valence-electron chi connectivity index (χ1n) is 7.11. The van der Waals surface area contributed by atoms with E-state index < -0.39 is 0 Å². The first kappa shape index (κ1) is 15.0. The maximum absolute atomic E-state index is 10.1. The van der Waals surface area contributed by atoms with Gasteiger partial charge in [-0.3, -0.25) is 4.90 Å². The number of phenols is 1. The highest BCUT2D eigenvalue weighted by molar-refractivity contribution is 5.39. The van der Waals surface area contributed by atoms with E-state index in [0.717, 1.165) is 30.6 Å². The quantitative estimate of drug-likeness (QED) is 0.786. The molecule has 0 aliphatic heterocycles. The number of unbranched alkanes of at least 4 members (excludes halogenated alkanes) is 1. The van der Waals surface area contributed by atoms with Crippen LogP contribution in [0.2, 0.25) is 0 Å². The van der Waals surface area contributed by atoms with Gasteiger partial charge in [-0.25, -0.2) is 0 Å². The lowest BCUT2D eigenvalue weighted by molar-refractivity contribution is 0.190. The summed E-state index contributed by atoms with van der Waals surface area (Å²) in [4.78, 5) is 2.47. The fourth-order valence-corrected chi connectivity index (χ4v) is 2.14. The summed E-state index contributed by atoms with van der Waals surface area (Å²) in [5.41, 5.74) is 2.01. The summed E-state index contributed by atoms with van der Waals surface area (Å²) in [6, 6.07) is 6.58. The van der Waals surface area contributed by atoms with Gasteiger partial charge >= 0.3 is 0 Å². The number of rotatable bonds is 7. The number of hydrogen-bond donors (Lipinski definition) is 1. The van der Waals surface area contributed by atoms with Gasteiger partial charge in [-0.2, -0.15) is 0 Å². The first-order valence-corrected chi connectivity index (χ1v) is 7.11. The van der Waals surface area contributed by atoms with E-state index >= 15 is 0 Å². The van der Waals surface area contributed by atoms with E-state index in [9.17, 15) is 5.11 Å². The van der Waals surface area contributed by atoms with E-state index in [2.05, 4.69) is 25.7 Å². The number of benzene rings is 1. The monoisotopic (exact) mass is 249 g/mol. The molecule has 0 amide bonds. The Labute approximate surface area is 112 Å². The van der Waals surface area contributed by atoms with Crippen molar-refractivity contribution in [2.24, 2.45) is 0 Å². The summed E-state index contributed by atoms with van der Waals surface area (Å²) < 4.78 is 0. The van der Waals surface area contributed by atoms with Crippen LogP contribution in [0.15, 0.2) is 18.2 Å². The predicted molar refractivity (Wildman–Crippen MR) is 77.9 cm³/mol. The van der Waals surface area contributed by atoms with Crippen molar-refractivity contribution in [3.05, 3.63) is 29.3 Å². The van der Waals surface area contributed by atoms with Crippen LogP contribution in [-0.4, -0.2) is 22.6 Å². The second-order valence-electron chi connectivity index (χ2n) is 5.16. The lowest BCUT2D eigenvalue weighted by Crippen LogP contribution is -2.33. The van der Waals surface area contributed by atoms with Gasteiger partial charge in [0.1, 0.15) is 5.75 Å². The highest BCUT2D eigenvalue weighted by Crippen LogP contribution is 2.24. The number of phenolic OH excluding ortho intramolecular Hbond substituents is 1. The van der Waals surface area contributed by atoms with E-state index in [4.69, 9.17) is 0 Å². The molecule has 0 aliphatic carbocycles. The molecular formula is C16H27NO. The highest BCUT2D eigenvalue weighted by Gasteiger charge is 2.14. The number of hydrogen-bond acceptors (Lipinski definition) is 2. The third-order valence-corrected chi connectivity index (χ3v) is 3.71. The van der Waals surface area contributed by atoms with Crippen molar-refractivity contribution in [1.82, 2.24) is 4.90 Å². The number of aryl methyl sites for hydroxylation is 1. The largest absolute Gasteiger partial charge is 0.507 e. The van der Waals surface area contributed by atoms with E-state index in [0.29, 0.717) is 11.8 Å². The number of para-hydroxylation sites is 1. The van der Waals surface area contributed by atoms with Crippen LogP contribution < -0.4 is 0 Å². The minimum absolute atomic E-state index is 0.460. The first-order chi connectivity index (χ1) is 8.60. The predicted octanol–water partition coefficient (Wildman–Crippen LogP) is 4.10. The van der Waals surface area contributed by atoms with Gasteiger partial charge in [0.25, 0.3) is 0 Å². The van der Waals surface area contributed by atoms with Crippen LogP contribution in [0.4, 0.5) is 0 Å². The van der Waals surface area contributed by atoms with Gasteiger partial charge in [-0.15, -0.1) is 0 Å². The Morgan fingerprint density at radius 2 is 2.00 bits per heavy atom. The van der Waals surface area contributed by atoms with E-state index in [-0.39, 0.29) is 0 Å². The molecule has 0 heterocycles. The van der Waals surface area contributed by atoms with Gasteiger partial charge in [0.05, 0.1) is 0 Å². The third kappa shape index (κ3) is 4.02. The van der Waals surface area contributed by atoms with Crippen LogP contribution >= 0.6 is 0 Å². The van der Waals surface area contributed by atoms with E-state index in [1.54, 1.807) is 0 Å². The standard InChI is InChI=1S/C16H27NO/c1-5-7-11-17(14(4)6-2)12-15-10-8-9-13(3)16(15)18/h8-10,14,18H,5-7,11-12H2,1-4H3. The summed E-state index contributed by atoms with van der Waals surface area (Å²) in [5.74, 6) is 0.460. The van der Waals surface area contributed by atoms with Crippen molar-refractivity contribution in [3.8, 4) is 5.75 Å². The van der Waals surface area contributed by atoms with Gasteiger partial charge in [0, 0.05) is 18.2 Å². The molecule has 1 N–H and O–H groups in total. The zero-order valence-corrected chi connectivity index (χ0v) is 12.2. The van der Waals surface area contributed by atoms with Crippen LogP contribution in [0.5, 0.6) is 5.75 Å². The van der Waals surface area contributed by atoms with Crippen molar-refractivity contribution in [2.45, 2.75) is 59.5 Å². The summed E-state index contributed by atoms with van der Waals surface area (Å²) in [6.45, 7) is 10.6. The minimum atomic E-state index is 0.460. The smallest absolute Gasteiger partial charge is 0.122 e. The highest BCUT2D eigenvalue weighted by atomic mass is 16.3.